The second-order valence-corrected chi connectivity index (χ2v) is 12.6. The quantitative estimate of drug-likeness (QED) is 0.412. The molecule has 2 heterocycles. The molecular formula is C29H30FN5O4S. The van der Waals surface area contributed by atoms with Crippen LogP contribution in [0.4, 0.5) is 20.8 Å². The summed E-state index contributed by atoms with van der Waals surface area (Å²) in [6.45, 7) is 6.04. The zero-order valence-electron chi connectivity index (χ0n) is 22.5. The average Bonchev–Trinajstić information content (AvgIpc) is 2.92. The second kappa shape index (κ2) is 11.8. The molecule has 1 aliphatic heterocycles. The summed E-state index contributed by atoms with van der Waals surface area (Å²) in [4.78, 5) is 22.6. The van der Waals surface area contributed by atoms with Gasteiger partial charge in [-0.1, -0.05) is 18.2 Å². The first-order valence-electron chi connectivity index (χ1n) is 12.7. The van der Waals surface area contributed by atoms with Crippen LogP contribution in [-0.2, 0) is 14.6 Å². The largest absolute Gasteiger partial charge is 0.444 e. The monoisotopic (exact) mass is 563 g/mol. The molecule has 9 nitrogen and oxygen atoms in total. The molecule has 0 saturated carbocycles. The number of carbonyl (C=O) groups excluding carboxylic acids is 1. The van der Waals surface area contributed by atoms with Gasteiger partial charge in [-0.05, 0) is 75.6 Å². The van der Waals surface area contributed by atoms with E-state index in [4.69, 9.17) is 10.00 Å². The molecule has 1 aliphatic rings. The van der Waals surface area contributed by atoms with Crippen molar-refractivity contribution in [1.82, 2.24) is 14.9 Å². The smallest absolute Gasteiger partial charge is 0.410 e. The molecule has 0 aliphatic carbocycles. The highest BCUT2D eigenvalue weighted by molar-refractivity contribution is 7.92. The van der Waals surface area contributed by atoms with Gasteiger partial charge < -0.3 is 15.0 Å². The van der Waals surface area contributed by atoms with Crippen LogP contribution in [0.3, 0.4) is 0 Å². The molecule has 1 saturated heterocycles. The van der Waals surface area contributed by atoms with E-state index in [1.807, 2.05) is 0 Å². The number of aromatic nitrogens is 2. The summed E-state index contributed by atoms with van der Waals surface area (Å²) in [7, 11) is -3.56. The van der Waals surface area contributed by atoms with E-state index >= 15 is 0 Å². The highest BCUT2D eigenvalue weighted by Gasteiger charge is 2.34. The Morgan fingerprint density at radius 2 is 1.70 bits per heavy atom. The van der Waals surface area contributed by atoms with Gasteiger partial charge in [0.25, 0.3) is 0 Å². The summed E-state index contributed by atoms with van der Waals surface area (Å²) in [6, 6.07) is 12.5. The molecule has 208 valence electrons. The van der Waals surface area contributed by atoms with Crippen molar-refractivity contribution >= 4 is 39.7 Å². The van der Waals surface area contributed by atoms with Crippen LogP contribution in [0.15, 0.2) is 59.8 Å². The molecule has 0 spiro atoms. The number of nitriles is 1. The summed E-state index contributed by atoms with van der Waals surface area (Å²) in [5.74, 6) is -0.255. The third-order valence-corrected chi connectivity index (χ3v) is 8.50. The fourth-order valence-electron chi connectivity index (χ4n) is 4.13. The minimum absolute atomic E-state index is 0.0119. The Bertz CT molecular complexity index is 1540. The number of piperidine rings is 1. The van der Waals surface area contributed by atoms with Gasteiger partial charge in [-0.3, -0.25) is 0 Å². The molecule has 40 heavy (non-hydrogen) atoms. The molecule has 1 aromatic heterocycles. The van der Waals surface area contributed by atoms with Gasteiger partial charge in [-0.15, -0.1) is 0 Å². The summed E-state index contributed by atoms with van der Waals surface area (Å²) < 4.78 is 45.5. The molecule has 11 heteroatoms. The molecule has 4 rings (SSSR count). The molecule has 1 N–H and O–H groups in total. The van der Waals surface area contributed by atoms with Crippen LogP contribution >= 0.6 is 0 Å². The number of benzene rings is 2. The first kappa shape index (κ1) is 28.7. The lowest BCUT2D eigenvalue weighted by Gasteiger charge is -2.33. The maximum Gasteiger partial charge on any atom is 0.410 e. The van der Waals surface area contributed by atoms with Crippen LogP contribution < -0.4 is 5.32 Å². The van der Waals surface area contributed by atoms with Gasteiger partial charge in [0.15, 0.2) is 9.84 Å². The first-order valence-corrected chi connectivity index (χ1v) is 14.3. The van der Waals surface area contributed by atoms with Crippen LogP contribution in [-0.4, -0.2) is 53.3 Å². The van der Waals surface area contributed by atoms with Crippen LogP contribution in [0.25, 0.3) is 12.2 Å². The number of halogens is 1. The second-order valence-electron chi connectivity index (χ2n) is 10.4. The van der Waals surface area contributed by atoms with Crippen LogP contribution in [0.2, 0.25) is 0 Å². The van der Waals surface area contributed by atoms with Crippen molar-refractivity contribution in [2.75, 3.05) is 18.4 Å². The van der Waals surface area contributed by atoms with Crippen molar-refractivity contribution in [2.24, 2.45) is 0 Å². The number of rotatable bonds is 6. The van der Waals surface area contributed by atoms with E-state index < -0.39 is 32.6 Å². The lowest BCUT2D eigenvalue weighted by Crippen LogP contribution is -2.44. The minimum atomic E-state index is -3.56. The number of ether oxygens (including phenoxy) is 1. The third-order valence-electron chi connectivity index (χ3n) is 6.23. The molecule has 2 aromatic carbocycles. The lowest BCUT2D eigenvalue weighted by molar-refractivity contribution is 0.0217. The van der Waals surface area contributed by atoms with Gasteiger partial charge in [0, 0.05) is 36.7 Å². The Morgan fingerprint density at radius 3 is 2.27 bits per heavy atom. The van der Waals surface area contributed by atoms with E-state index in [0.717, 1.165) is 0 Å². The molecule has 0 radical (unpaired) electrons. The average molecular weight is 564 g/mol. The number of hydrogen-bond acceptors (Lipinski definition) is 8. The Balaban J connectivity index is 1.33. The van der Waals surface area contributed by atoms with E-state index in [-0.39, 0.29) is 10.5 Å². The Labute approximate surface area is 233 Å². The number of amides is 1. The third kappa shape index (κ3) is 7.21. The van der Waals surface area contributed by atoms with Gasteiger partial charge in [-0.2, -0.15) is 5.26 Å². The number of nitrogens with one attached hydrogen (secondary N) is 1. The summed E-state index contributed by atoms with van der Waals surface area (Å²) in [5, 5.41) is 11.3. The highest BCUT2D eigenvalue weighted by Crippen LogP contribution is 2.27. The summed E-state index contributed by atoms with van der Waals surface area (Å²) in [6.07, 6.45) is 6.86. The number of anilines is 2. The Kier molecular flexibility index (Phi) is 8.49. The van der Waals surface area contributed by atoms with E-state index in [1.165, 1.54) is 12.1 Å². The molecule has 0 unspecified atom stereocenters. The molecule has 1 amide bonds. The van der Waals surface area contributed by atoms with E-state index in [2.05, 4.69) is 15.3 Å². The predicted molar refractivity (Wildman–Crippen MR) is 150 cm³/mol. The number of likely N-dealkylation sites (tertiary alicyclic amines) is 1. The van der Waals surface area contributed by atoms with Crippen LogP contribution in [0.1, 0.15) is 50.3 Å². The maximum absolute atomic E-state index is 13.8. The highest BCUT2D eigenvalue weighted by atomic mass is 32.2. The number of sulfone groups is 1. The van der Waals surface area contributed by atoms with Gasteiger partial charge in [0.05, 0.1) is 15.7 Å². The van der Waals surface area contributed by atoms with Crippen molar-refractivity contribution in [3.05, 3.63) is 77.4 Å². The number of nitrogens with zero attached hydrogens (tertiary/aromatic N) is 4. The lowest BCUT2D eigenvalue weighted by atomic mass is 10.1. The first-order chi connectivity index (χ1) is 18.9. The Morgan fingerprint density at radius 1 is 1.07 bits per heavy atom. The van der Waals surface area contributed by atoms with Gasteiger partial charge in [0.2, 0.25) is 5.95 Å². The molecular weight excluding hydrogens is 533 g/mol. The molecule has 1 fully saturated rings. The van der Waals surface area contributed by atoms with Gasteiger partial charge in [-0.25, -0.2) is 27.6 Å². The van der Waals surface area contributed by atoms with Crippen molar-refractivity contribution in [1.29, 1.82) is 5.26 Å². The zero-order chi connectivity index (χ0) is 28.9. The van der Waals surface area contributed by atoms with E-state index in [1.54, 1.807) is 86.6 Å². The molecule has 0 atom stereocenters. The predicted octanol–water partition coefficient (Wildman–Crippen LogP) is 5.57. The maximum atomic E-state index is 13.8. The van der Waals surface area contributed by atoms with Crippen molar-refractivity contribution in [3.63, 3.8) is 0 Å². The van der Waals surface area contributed by atoms with Crippen molar-refractivity contribution in [2.45, 2.75) is 49.4 Å². The van der Waals surface area contributed by atoms with Crippen molar-refractivity contribution in [3.8, 4) is 6.07 Å². The van der Waals surface area contributed by atoms with E-state index in [9.17, 15) is 17.6 Å². The fourth-order valence-corrected chi connectivity index (χ4v) is 5.86. The fraction of sp³-hybridized carbons (Fsp3) is 0.310. The van der Waals surface area contributed by atoms with Crippen LogP contribution in [0, 0.1) is 17.1 Å². The standard InChI is InChI=1S/C29H30FN5O4S/c1-29(2,3)39-28(36)35-14-12-25(13-15-35)40(37,38)24-10-8-23(9-11-24)34-27-32-18-21(19-33-27)5-4-20-6-7-22(17-31)26(30)16-20/h4-11,16,18-19,25H,12-15H2,1-3H3,(H,32,33,34)/b5-4+. The minimum Gasteiger partial charge on any atom is -0.444 e. The number of hydrogen-bond donors (Lipinski definition) is 1. The molecule has 0 bridgehead atoms. The summed E-state index contributed by atoms with van der Waals surface area (Å²) >= 11 is 0. The zero-order valence-corrected chi connectivity index (χ0v) is 23.3. The van der Waals surface area contributed by atoms with Gasteiger partial charge in [0.1, 0.15) is 17.5 Å². The normalized spacial score (nSPS) is 14.6. The van der Waals surface area contributed by atoms with E-state index in [0.29, 0.717) is 48.7 Å². The summed E-state index contributed by atoms with van der Waals surface area (Å²) in [5.41, 5.74) is 1.29. The van der Waals surface area contributed by atoms with Crippen LogP contribution in [0.5, 0.6) is 0 Å². The van der Waals surface area contributed by atoms with Gasteiger partial charge >= 0.3 is 6.09 Å². The van der Waals surface area contributed by atoms with Crippen molar-refractivity contribution < 1.29 is 22.3 Å². The topological polar surface area (TPSA) is 125 Å². The SMILES string of the molecule is CC(C)(C)OC(=O)N1CCC(S(=O)(=O)c2ccc(Nc3ncc(/C=C/c4ccc(C#N)c(F)c4)cn3)cc2)CC1. The number of carbonyl (C=O) groups is 1. The Hall–Kier alpha value is -4.30. The molecule has 3 aromatic rings.